The molecular formula is C19H19F3N6. The molecule has 2 unspecified atom stereocenters. The van der Waals surface area contributed by atoms with E-state index in [9.17, 15) is 13.2 Å². The second-order valence-electron chi connectivity index (χ2n) is 7.63. The van der Waals surface area contributed by atoms with Gasteiger partial charge in [0, 0.05) is 42.7 Å². The Bertz CT molecular complexity index is 1050. The summed E-state index contributed by atoms with van der Waals surface area (Å²) < 4.78 is 42.7. The molecule has 6 nitrogen and oxygen atoms in total. The van der Waals surface area contributed by atoms with Gasteiger partial charge < -0.3 is 5.73 Å². The molecule has 2 N–H and O–H groups in total. The van der Waals surface area contributed by atoms with Crippen LogP contribution in [0.15, 0.2) is 24.8 Å². The number of rotatable bonds is 2. The lowest BCUT2D eigenvalue weighted by molar-refractivity contribution is 0.136. The van der Waals surface area contributed by atoms with Gasteiger partial charge >= 0.3 is 0 Å². The highest BCUT2D eigenvalue weighted by molar-refractivity contribution is 5.50. The third kappa shape index (κ3) is 2.77. The van der Waals surface area contributed by atoms with Crippen molar-refractivity contribution in [2.45, 2.75) is 50.4 Å². The fourth-order valence-corrected chi connectivity index (χ4v) is 4.62. The van der Waals surface area contributed by atoms with Crippen LogP contribution < -0.4 is 5.73 Å². The molecule has 146 valence electrons. The molecule has 0 spiro atoms. The minimum Gasteiger partial charge on any atom is -0.327 e. The Morgan fingerprint density at radius 3 is 2.68 bits per heavy atom. The highest BCUT2D eigenvalue weighted by Gasteiger charge is 2.37. The standard InChI is InChI=1S/C19H19F3N6/c20-14-5-16(22)15(21)4-12(14)11-2-1-10(3-17(11)23)27-6-13-18(7-27)26-28-9-24-8-25-19(13)28/h4-5,8-11,17H,1-3,6-7,23H2/t10-,11?,17?/m0/s1. The van der Waals surface area contributed by atoms with Gasteiger partial charge in [-0.25, -0.2) is 27.7 Å². The second-order valence-corrected chi connectivity index (χ2v) is 7.63. The summed E-state index contributed by atoms with van der Waals surface area (Å²) >= 11 is 0. The molecule has 28 heavy (non-hydrogen) atoms. The highest BCUT2D eigenvalue weighted by atomic mass is 19.2. The number of hydrogen-bond donors (Lipinski definition) is 1. The minimum absolute atomic E-state index is 0.170. The summed E-state index contributed by atoms with van der Waals surface area (Å²) in [6.07, 6.45) is 5.24. The molecule has 3 heterocycles. The van der Waals surface area contributed by atoms with Crippen molar-refractivity contribution in [2.24, 2.45) is 5.73 Å². The predicted octanol–water partition coefficient (Wildman–Crippen LogP) is 2.52. The van der Waals surface area contributed by atoms with Crippen LogP contribution in [0.25, 0.3) is 5.65 Å². The number of halogens is 3. The van der Waals surface area contributed by atoms with Crippen LogP contribution in [0.5, 0.6) is 0 Å². The van der Waals surface area contributed by atoms with Crippen molar-refractivity contribution < 1.29 is 13.2 Å². The van der Waals surface area contributed by atoms with Crippen LogP contribution in [0.1, 0.15) is 42.0 Å². The molecule has 1 aromatic carbocycles. The van der Waals surface area contributed by atoms with Crippen LogP contribution >= 0.6 is 0 Å². The molecule has 5 rings (SSSR count). The number of benzene rings is 1. The van der Waals surface area contributed by atoms with Crippen LogP contribution in [0, 0.1) is 17.5 Å². The molecule has 1 fully saturated rings. The zero-order chi connectivity index (χ0) is 19.4. The normalized spacial score (nSPS) is 25.4. The molecule has 3 aromatic rings. The number of nitrogens with two attached hydrogens (primary N) is 1. The van der Waals surface area contributed by atoms with Gasteiger partial charge in [-0.3, -0.25) is 4.90 Å². The maximum absolute atomic E-state index is 14.2. The largest absolute Gasteiger partial charge is 0.327 e. The summed E-state index contributed by atoms with van der Waals surface area (Å²) in [6.45, 7) is 1.44. The number of fused-ring (bicyclic) bond motifs is 3. The molecule has 0 amide bonds. The van der Waals surface area contributed by atoms with Crippen LogP contribution in [0.3, 0.4) is 0 Å². The van der Waals surface area contributed by atoms with E-state index in [1.807, 2.05) is 0 Å². The van der Waals surface area contributed by atoms with Crippen molar-refractivity contribution in [3.8, 4) is 0 Å². The monoisotopic (exact) mass is 388 g/mol. The van der Waals surface area contributed by atoms with Crippen molar-refractivity contribution >= 4 is 5.65 Å². The van der Waals surface area contributed by atoms with Gasteiger partial charge in [0.05, 0.1) is 5.69 Å². The predicted molar refractivity (Wildman–Crippen MR) is 94.7 cm³/mol. The number of nitrogens with zero attached hydrogens (tertiary/aromatic N) is 5. The van der Waals surface area contributed by atoms with E-state index in [0.29, 0.717) is 25.5 Å². The van der Waals surface area contributed by atoms with E-state index in [2.05, 4.69) is 20.0 Å². The third-order valence-corrected chi connectivity index (χ3v) is 6.03. The first-order valence-electron chi connectivity index (χ1n) is 9.31. The summed E-state index contributed by atoms with van der Waals surface area (Å²) in [6, 6.07) is 1.47. The Morgan fingerprint density at radius 2 is 1.86 bits per heavy atom. The lowest BCUT2D eigenvalue weighted by Gasteiger charge is -2.38. The number of aromatic nitrogens is 4. The zero-order valence-corrected chi connectivity index (χ0v) is 15.0. The van der Waals surface area contributed by atoms with Crippen molar-refractivity contribution in [2.75, 3.05) is 0 Å². The van der Waals surface area contributed by atoms with Gasteiger partial charge in [-0.1, -0.05) is 0 Å². The Morgan fingerprint density at radius 1 is 1.04 bits per heavy atom. The van der Waals surface area contributed by atoms with E-state index in [1.165, 1.54) is 6.33 Å². The summed E-state index contributed by atoms with van der Waals surface area (Å²) in [4.78, 5) is 10.6. The molecule has 0 saturated heterocycles. The van der Waals surface area contributed by atoms with Gasteiger partial charge in [0.25, 0.3) is 0 Å². The van der Waals surface area contributed by atoms with Gasteiger partial charge in [0.1, 0.15) is 18.5 Å². The van der Waals surface area contributed by atoms with Crippen LogP contribution in [0.2, 0.25) is 0 Å². The molecule has 0 bridgehead atoms. The average Bonchev–Trinajstić information content (AvgIpc) is 3.23. The number of hydrogen-bond acceptors (Lipinski definition) is 5. The fourth-order valence-electron chi connectivity index (χ4n) is 4.62. The van der Waals surface area contributed by atoms with E-state index in [-0.39, 0.29) is 23.6 Å². The summed E-state index contributed by atoms with van der Waals surface area (Å²) in [7, 11) is 0. The first kappa shape index (κ1) is 17.6. The van der Waals surface area contributed by atoms with E-state index in [4.69, 9.17) is 5.73 Å². The Balaban J connectivity index is 1.32. The first-order valence-corrected chi connectivity index (χ1v) is 9.31. The molecule has 3 atom stereocenters. The topological polar surface area (TPSA) is 72.3 Å². The van der Waals surface area contributed by atoms with E-state index < -0.39 is 17.5 Å². The van der Waals surface area contributed by atoms with Gasteiger partial charge in [-0.05, 0) is 30.9 Å². The van der Waals surface area contributed by atoms with E-state index in [1.54, 1.807) is 10.8 Å². The first-order chi connectivity index (χ1) is 13.5. The minimum atomic E-state index is -1.17. The van der Waals surface area contributed by atoms with Crippen LogP contribution in [0.4, 0.5) is 13.2 Å². The molecule has 0 radical (unpaired) electrons. The average molecular weight is 388 g/mol. The zero-order valence-electron chi connectivity index (χ0n) is 15.0. The lowest BCUT2D eigenvalue weighted by atomic mass is 9.77. The summed E-state index contributed by atoms with van der Waals surface area (Å²) in [5.74, 6) is -3.26. The van der Waals surface area contributed by atoms with Crippen LogP contribution in [-0.4, -0.2) is 36.6 Å². The molecule has 2 aromatic heterocycles. The molecule has 1 saturated carbocycles. The highest BCUT2D eigenvalue weighted by Crippen LogP contribution is 2.38. The molecule has 9 heteroatoms. The summed E-state index contributed by atoms with van der Waals surface area (Å²) in [5.41, 5.74) is 9.42. The maximum Gasteiger partial charge on any atom is 0.163 e. The molecule has 1 aliphatic heterocycles. The van der Waals surface area contributed by atoms with E-state index >= 15 is 0 Å². The molecule has 1 aliphatic carbocycles. The van der Waals surface area contributed by atoms with Crippen LogP contribution in [-0.2, 0) is 13.1 Å². The van der Waals surface area contributed by atoms with Crippen molar-refractivity contribution in [3.05, 3.63) is 59.1 Å². The van der Waals surface area contributed by atoms with Crippen molar-refractivity contribution in [1.29, 1.82) is 0 Å². The van der Waals surface area contributed by atoms with Gasteiger partial charge in [-0.2, -0.15) is 5.10 Å². The molecular weight excluding hydrogens is 369 g/mol. The second kappa shape index (κ2) is 6.52. The Labute approximate surface area is 159 Å². The summed E-state index contributed by atoms with van der Waals surface area (Å²) in [5, 5.41) is 4.54. The van der Waals surface area contributed by atoms with Gasteiger partial charge in [0.2, 0.25) is 0 Å². The van der Waals surface area contributed by atoms with Gasteiger partial charge in [0.15, 0.2) is 17.3 Å². The SMILES string of the molecule is NC1C[C@@H](N2Cc3nn4cncnc4c3C2)CCC1c1cc(F)c(F)cc1F. The quantitative estimate of drug-likeness (QED) is 0.683. The Hall–Kier alpha value is -2.52. The van der Waals surface area contributed by atoms with Crippen molar-refractivity contribution in [3.63, 3.8) is 0 Å². The van der Waals surface area contributed by atoms with Crippen molar-refractivity contribution in [1.82, 2.24) is 24.5 Å². The van der Waals surface area contributed by atoms with E-state index in [0.717, 1.165) is 35.9 Å². The fraction of sp³-hybridized carbons (Fsp3) is 0.421. The maximum atomic E-state index is 14.2. The smallest absolute Gasteiger partial charge is 0.163 e. The lowest BCUT2D eigenvalue weighted by Crippen LogP contribution is -2.44. The third-order valence-electron chi connectivity index (χ3n) is 6.03. The van der Waals surface area contributed by atoms with Gasteiger partial charge in [-0.15, -0.1) is 0 Å². The Kier molecular flexibility index (Phi) is 4.09. The molecule has 2 aliphatic rings.